The van der Waals surface area contributed by atoms with E-state index in [-0.39, 0.29) is 60.1 Å². The average Bonchev–Trinajstić information content (AvgIpc) is 3.64. The molecule has 15 heteroatoms. The summed E-state index contributed by atoms with van der Waals surface area (Å²) in [6, 6.07) is 20.1. The molecule has 7 rings (SSSR count). The molecule has 4 heterocycles. The Kier molecular flexibility index (Phi) is 13.5. The number of halogens is 3. The molecule has 2 aliphatic heterocycles. The average molecular weight is 872 g/mol. The Morgan fingerprint density at radius 3 is 2.42 bits per heavy atom. The Morgan fingerprint density at radius 1 is 0.935 bits per heavy atom. The van der Waals surface area contributed by atoms with E-state index in [2.05, 4.69) is 15.2 Å². The van der Waals surface area contributed by atoms with E-state index in [1.165, 1.54) is 29.5 Å². The third-order valence-electron chi connectivity index (χ3n) is 11.1. The fourth-order valence-corrected chi connectivity index (χ4v) is 8.99. The topological polar surface area (TPSA) is 123 Å². The number of ether oxygens (including phenoxy) is 3. The second-order valence-corrected chi connectivity index (χ2v) is 18.0. The second-order valence-electron chi connectivity index (χ2n) is 17.0. The van der Waals surface area contributed by atoms with Crippen LogP contribution in [0.1, 0.15) is 91.4 Å². The first-order valence-electron chi connectivity index (χ1n) is 21.0. The van der Waals surface area contributed by atoms with E-state index in [1.807, 2.05) is 48.2 Å². The number of esters is 2. The molecule has 0 saturated carbocycles. The van der Waals surface area contributed by atoms with Crippen LogP contribution in [0.2, 0.25) is 0 Å². The van der Waals surface area contributed by atoms with Crippen LogP contribution in [0.3, 0.4) is 0 Å². The van der Waals surface area contributed by atoms with Crippen molar-refractivity contribution in [2.24, 2.45) is 11.8 Å². The zero-order chi connectivity index (χ0) is 44.2. The van der Waals surface area contributed by atoms with Gasteiger partial charge in [-0.2, -0.15) is 13.2 Å². The molecule has 1 N–H and O–H groups in total. The minimum Gasteiger partial charge on any atom is -0.493 e. The maximum atomic E-state index is 14.9. The van der Waals surface area contributed by atoms with Gasteiger partial charge in [0.05, 0.1) is 35.5 Å². The number of amides is 1. The van der Waals surface area contributed by atoms with Gasteiger partial charge in [-0.1, -0.05) is 48.6 Å². The number of hydrogen-bond acceptors (Lipinski definition) is 11. The lowest BCUT2D eigenvalue weighted by Gasteiger charge is -2.32. The molecule has 1 fully saturated rings. The highest BCUT2D eigenvalue weighted by atomic mass is 32.1. The Hall–Kier alpha value is -5.54. The monoisotopic (exact) mass is 871 g/mol. The molecule has 0 aliphatic carbocycles. The number of fused-ring (bicyclic) bond motifs is 2. The number of carbonyl (C=O) groups is 3. The smallest absolute Gasteiger partial charge is 0.417 e. The predicted octanol–water partition coefficient (Wildman–Crippen LogP) is 9.83. The van der Waals surface area contributed by atoms with Crippen LogP contribution in [0.15, 0.2) is 72.8 Å². The number of aromatic nitrogens is 2. The Morgan fingerprint density at radius 2 is 1.69 bits per heavy atom. The summed E-state index contributed by atoms with van der Waals surface area (Å²) in [7, 11) is 0. The van der Waals surface area contributed by atoms with Crippen LogP contribution in [0, 0.1) is 11.8 Å². The van der Waals surface area contributed by atoms with E-state index in [0.717, 1.165) is 59.8 Å². The number of rotatable bonds is 13. The first kappa shape index (κ1) is 44.5. The quantitative estimate of drug-likeness (QED) is 0.114. The maximum Gasteiger partial charge on any atom is 0.417 e. The summed E-state index contributed by atoms with van der Waals surface area (Å²) in [6.07, 6.45) is -1.55. The second kappa shape index (κ2) is 18.8. The molecule has 0 radical (unpaired) electrons. The number of thiazole rings is 1. The van der Waals surface area contributed by atoms with E-state index >= 15 is 0 Å². The summed E-state index contributed by atoms with van der Waals surface area (Å²) in [6.45, 7) is 12.0. The fraction of sp³-hybridized carbons (Fsp3) is 0.426. The molecular weight excluding hydrogens is 820 g/mol. The molecule has 1 saturated heterocycles. The summed E-state index contributed by atoms with van der Waals surface area (Å²) in [5.74, 6) is -0.492. The van der Waals surface area contributed by atoms with Crippen molar-refractivity contribution in [2.75, 3.05) is 49.6 Å². The van der Waals surface area contributed by atoms with Crippen molar-refractivity contribution in [1.82, 2.24) is 14.9 Å². The molecule has 0 bridgehead atoms. The number of carbonyl (C=O) groups excluding carboxylic acids is 3. The van der Waals surface area contributed by atoms with Gasteiger partial charge in [-0.25, -0.2) is 14.8 Å². The van der Waals surface area contributed by atoms with Gasteiger partial charge >= 0.3 is 18.1 Å². The van der Waals surface area contributed by atoms with Crippen LogP contribution < -0.4 is 15.0 Å². The van der Waals surface area contributed by atoms with Crippen molar-refractivity contribution >= 4 is 50.3 Å². The molecule has 328 valence electrons. The van der Waals surface area contributed by atoms with Gasteiger partial charge in [0.15, 0.2) is 10.8 Å². The maximum absolute atomic E-state index is 14.9. The number of likely N-dealkylation sites (tertiary alicyclic amines) is 1. The normalized spacial score (nSPS) is 15.5. The number of hydrogen-bond donors (Lipinski definition) is 1. The van der Waals surface area contributed by atoms with Gasteiger partial charge < -0.3 is 19.1 Å². The zero-order valence-corrected chi connectivity index (χ0v) is 36.5. The molecular formula is C47H52F3N5O6S. The highest BCUT2D eigenvalue weighted by Crippen LogP contribution is 2.41. The third kappa shape index (κ3) is 10.9. The number of para-hydroxylation sites is 1. The molecule has 0 unspecified atom stereocenters. The number of nitrogens with zero attached hydrogens (tertiary/aromatic N) is 4. The van der Waals surface area contributed by atoms with E-state index in [4.69, 9.17) is 19.2 Å². The first-order chi connectivity index (χ1) is 29.5. The van der Waals surface area contributed by atoms with E-state index in [1.54, 1.807) is 39.8 Å². The highest BCUT2D eigenvalue weighted by Gasteiger charge is 2.36. The first-order valence-corrected chi connectivity index (χ1v) is 21.9. The number of benzene rings is 3. The standard InChI is InChI=1S/C47H52F3N5O6S/c1-6-59-41(56)27-54-21-18-30(19-22-54)24-29(2)28-60-32-14-15-33(37(25-32)47(48,49)50)34-16-17-40(52-42(34)44(58)61-46(3,4)5)55-23-20-31-10-9-11-35(36(31)26-55)43(57)53-45-51-38-12-7-8-13-39(38)62-45/h7-17,25,29-30H,6,18-24,26-28H2,1-5H3,(H,51,53,57)/t29-/m0/s1. The summed E-state index contributed by atoms with van der Waals surface area (Å²) < 4.78 is 62.4. The fourth-order valence-electron chi connectivity index (χ4n) is 8.13. The van der Waals surface area contributed by atoms with Crippen LogP contribution in [0.5, 0.6) is 5.75 Å². The SMILES string of the molecule is CCOC(=O)CN1CCC(C[C@H](C)COc2ccc(-c3ccc(N4CCc5cccc(C(=O)Nc6nc7ccccc7s6)c5C4)nc3C(=O)OC(C)(C)C)c(C(F)(F)F)c2)CC1. The Labute approximate surface area is 363 Å². The van der Waals surface area contributed by atoms with Gasteiger partial charge in [-0.05, 0) is 137 Å². The Bertz CT molecular complexity index is 2390. The number of nitrogens with one attached hydrogen (secondary N) is 1. The van der Waals surface area contributed by atoms with Gasteiger partial charge in [0.1, 0.15) is 17.2 Å². The lowest BCUT2D eigenvalue weighted by atomic mass is 9.88. The van der Waals surface area contributed by atoms with Gasteiger partial charge in [0, 0.05) is 24.2 Å². The molecule has 11 nitrogen and oxygen atoms in total. The number of pyridine rings is 1. The highest BCUT2D eigenvalue weighted by molar-refractivity contribution is 7.22. The summed E-state index contributed by atoms with van der Waals surface area (Å²) in [4.78, 5) is 52.6. The Balaban J connectivity index is 1.09. The minimum atomic E-state index is -4.79. The van der Waals surface area contributed by atoms with Crippen LogP contribution >= 0.6 is 11.3 Å². The van der Waals surface area contributed by atoms with Crippen molar-refractivity contribution in [2.45, 2.75) is 78.6 Å². The van der Waals surface area contributed by atoms with Crippen molar-refractivity contribution < 1.29 is 41.8 Å². The predicted molar refractivity (Wildman–Crippen MR) is 234 cm³/mol. The molecule has 5 aromatic rings. The van der Waals surface area contributed by atoms with E-state index in [0.29, 0.717) is 42.0 Å². The summed E-state index contributed by atoms with van der Waals surface area (Å²) in [5.41, 5.74) is 0.582. The largest absolute Gasteiger partial charge is 0.493 e. The lowest BCUT2D eigenvalue weighted by Crippen LogP contribution is -2.38. The van der Waals surface area contributed by atoms with Gasteiger partial charge in [0.25, 0.3) is 5.91 Å². The van der Waals surface area contributed by atoms with Crippen molar-refractivity contribution in [3.63, 3.8) is 0 Å². The molecule has 1 amide bonds. The van der Waals surface area contributed by atoms with Crippen LogP contribution in [-0.4, -0.2) is 77.7 Å². The zero-order valence-electron chi connectivity index (χ0n) is 35.6. The van der Waals surface area contributed by atoms with Crippen molar-refractivity contribution in [1.29, 1.82) is 0 Å². The molecule has 2 aliphatic rings. The van der Waals surface area contributed by atoms with Gasteiger partial charge in [-0.15, -0.1) is 0 Å². The molecule has 2 aromatic heterocycles. The molecule has 1 atom stereocenters. The number of anilines is 2. The van der Waals surface area contributed by atoms with E-state index < -0.39 is 23.3 Å². The summed E-state index contributed by atoms with van der Waals surface area (Å²) in [5, 5.41) is 3.42. The van der Waals surface area contributed by atoms with Crippen LogP contribution in [-0.2, 0) is 33.4 Å². The minimum absolute atomic E-state index is 0.0298. The number of alkyl halides is 3. The molecule has 62 heavy (non-hydrogen) atoms. The summed E-state index contributed by atoms with van der Waals surface area (Å²) >= 11 is 1.38. The van der Waals surface area contributed by atoms with Crippen LogP contribution in [0.25, 0.3) is 21.3 Å². The lowest BCUT2D eigenvalue weighted by molar-refractivity contribution is -0.144. The molecule has 3 aromatic carbocycles. The van der Waals surface area contributed by atoms with Gasteiger partial charge in [0.2, 0.25) is 0 Å². The van der Waals surface area contributed by atoms with Crippen LogP contribution in [0.4, 0.5) is 24.1 Å². The van der Waals surface area contributed by atoms with Gasteiger partial charge in [-0.3, -0.25) is 19.8 Å². The van der Waals surface area contributed by atoms with Crippen molar-refractivity contribution in [3.8, 4) is 16.9 Å². The molecule has 0 spiro atoms. The van der Waals surface area contributed by atoms with Crippen molar-refractivity contribution in [3.05, 3.63) is 101 Å². The van der Waals surface area contributed by atoms with E-state index in [9.17, 15) is 27.6 Å². The number of piperidine rings is 1. The third-order valence-corrected chi connectivity index (χ3v) is 12.0.